The average Bonchev–Trinajstić information content (AvgIpc) is 1.65. The van der Waals surface area contributed by atoms with Crippen molar-refractivity contribution in [1.29, 1.82) is 0 Å². The van der Waals surface area contributed by atoms with Crippen LogP contribution >= 0.6 is 0 Å². The van der Waals surface area contributed by atoms with Gasteiger partial charge in [0.25, 0.3) is 0 Å². The van der Waals surface area contributed by atoms with Crippen molar-refractivity contribution in [1.82, 2.24) is 0 Å². The molecule has 3 nitrogen and oxygen atoms in total. The maximum absolute atomic E-state index is 9.62. The lowest BCUT2D eigenvalue weighted by molar-refractivity contribution is -0.114. The molecule has 0 saturated heterocycles. The van der Waals surface area contributed by atoms with Crippen LogP contribution in [-0.2, 0) is 4.79 Å². The Balaban J connectivity index is 3.23. The zero-order valence-corrected chi connectivity index (χ0v) is 3.09. The number of ketones is 1. The normalized spacial score (nSPS) is 7.50. The lowest BCUT2D eigenvalue weighted by Gasteiger charge is -1.82. The Morgan fingerprint density at radius 1 is 2.00 bits per heavy atom. The number of rotatable bonds is 2. The van der Waals surface area contributed by atoms with Gasteiger partial charge in [-0.05, 0) is 0 Å². The van der Waals surface area contributed by atoms with E-state index in [1.807, 2.05) is 0 Å². The van der Waals surface area contributed by atoms with Gasteiger partial charge in [-0.15, -0.1) is 6.21 Å². The van der Waals surface area contributed by atoms with Gasteiger partial charge in [-0.3, -0.25) is 4.79 Å². The molecule has 3 heteroatoms. The number of hydrogen-bond acceptors (Lipinski definition) is 2. The van der Waals surface area contributed by atoms with Gasteiger partial charge in [-0.2, -0.15) is 0 Å². The van der Waals surface area contributed by atoms with E-state index < -0.39 is 12.4 Å². The molecule has 34 valence electrons. The third-order valence-corrected chi connectivity index (χ3v) is 0.300. The minimum atomic E-state index is -0.671. The van der Waals surface area contributed by atoms with Crippen molar-refractivity contribution >= 4 is 12.0 Å². The Morgan fingerprint density at radius 2 is 2.50 bits per heavy atom. The summed E-state index contributed by atoms with van der Waals surface area (Å²) in [4.78, 5) is 9.62. The van der Waals surface area contributed by atoms with E-state index in [-0.39, 0.29) is 0 Å². The van der Waals surface area contributed by atoms with Crippen LogP contribution in [0.3, 0.4) is 0 Å². The molecule has 6 heavy (non-hydrogen) atoms. The van der Waals surface area contributed by atoms with Gasteiger partial charge in [0, 0.05) is 0 Å². The molecule has 0 aromatic carbocycles. The number of nitrogens with zero attached hydrogens (tertiary/aromatic N) is 1. The molecule has 0 aromatic heterocycles. The molecule has 0 aromatic rings. The largest absolute Gasteiger partial charge is 0.808 e. The van der Waals surface area contributed by atoms with Crippen molar-refractivity contribution in [2.24, 2.45) is 0 Å². The molecule has 0 aliphatic carbocycles. The maximum atomic E-state index is 9.62. The minimum absolute atomic E-state index is 0.333. The van der Waals surface area contributed by atoms with Crippen molar-refractivity contribution in [2.75, 3.05) is 6.61 Å². The van der Waals surface area contributed by atoms with Gasteiger partial charge in [0.1, 0.15) is 6.61 Å². The van der Waals surface area contributed by atoms with Crippen molar-refractivity contribution < 1.29 is 9.90 Å². The monoisotopic (exact) mass is 86.0 g/mol. The van der Waals surface area contributed by atoms with E-state index in [4.69, 9.17) is 10.5 Å². The molecule has 0 aliphatic rings. The molecule has 0 atom stereocenters. The van der Waals surface area contributed by atoms with Crippen LogP contribution in [-0.4, -0.2) is 23.7 Å². The van der Waals surface area contributed by atoms with Crippen molar-refractivity contribution in [2.45, 2.75) is 0 Å². The highest BCUT2D eigenvalue weighted by Crippen LogP contribution is 1.55. The average molecular weight is 86.1 g/mol. The molecule has 1 N–H and O–H groups in total. The zero-order chi connectivity index (χ0) is 4.99. The number of aliphatic hydroxyl groups excluding tert-OH is 1. The van der Waals surface area contributed by atoms with Crippen LogP contribution in [0.5, 0.6) is 0 Å². The van der Waals surface area contributed by atoms with Crippen LogP contribution in [0.1, 0.15) is 0 Å². The second-order valence-electron chi connectivity index (χ2n) is 0.754. The predicted octanol–water partition coefficient (Wildman–Crippen LogP) is -0.812. The second kappa shape index (κ2) is 2.53. The topological polar surface area (TPSA) is 59.6 Å². The van der Waals surface area contributed by atoms with Gasteiger partial charge in [-0.1, -0.05) is 0 Å². The summed E-state index contributed by atoms with van der Waals surface area (Å²) in [6.45, 7) is -0.615. The van der Waals surface area contributed by atoms with Crippen LogP contribution in [0.15, 0.2) is 0 Å². The van der Waals surface area contributed by atoms with Gasteiger partial charge in [0.15, 0.2) is 5.78 Å². The molecule has 0 amide bonds. The molecule has 0 saturated carbocycles. The Labute approximate surface area is 35.1 Å². The van der Waals surface area contributed by atoms with Crippen LogP contribution < -0.4 is 0 Å². The molecule has 0 fully saturated rings. The lowest BCUT2D eigenvalue weighted by atomic mass is 10.5. The summed E-state index contributed by atoms with van der Waals surface area (Å²) in [6, 6.07) is 0. The van der Waals surface area contributed by atoms with E-state index in [1.165, 1.54) is 0 Å². The van der Waals surface area contributed by atoms with Crippen LogP contribution in [0.25, 0.3) is 5.41 Å². The molecule has 0 heterocycles. The third-order valence-electron chi connectivity index (χ3n) is 0.300. The Hall–Kier alpha value is -0.700. The molecule has 0 rings (SSSR count). The van der Waals surface area contributed by atoms with Crippen LogP contribution in [0, 0.1) is 0 Å². The Bertz CT molecular complexity index is 69.2. The number of carbonyl (C=O) groups excluding carboxylic acids is 1. The summed E-state index contributed by atoms with van der Waals surface area (Å²) >= 11 is 0. The predicted molar refractivity (Wildman–Crippen MR) is 21.5 cm³/mol. The molecule has 0 bridgehead atoms. The van der Waals surface area contributed by atoms with E-state index in [1.54, 1.807) is 0 Å². The quantitative estimate of drug-likeness (QED) is 0.446. The fourth-order valence-corrected chi connectivity index (χ4v) is 0.0408. The smallest absolute Gasteiger partial charge is 0.157 e. The number of carbonyl (C=O) groups is 1. The Kier molecular flexibility index (Phi) is 2.24. The fraction of sp³-hybridized carbons (Fsp3) is 0.333. The first kappa shape index (κ1) is 5.30. The zero-order valence-electron chi connectivity index (χ0n) is 3.09. The highest BCUT2D eigenvalue weighted by molar-refractivity contribution is 6.29. The summed E-state index contributed by atoms with van der Waals surface area (Å²) in [5, 5.41) is 15.5. The molecule has 0 unspecified atom stereocenters. The van der Waals surface area contributed by atoms with Crippen molar-refractivity contribution in [3.8, 4) is 0 Å². The standard InChI is InChI=1S/C3H4NO2/c4-1-3(6)2-5/h1,5H,2H2/q-1. The molecular formula is C3H4NO2-. The van der Waals surface area contributed by atoms with Crippen molar-refractivity contribution in [3.05, 3.63) is 5.41 Å². The van der Waals surface area contributed by atoms with Gasteiger partial charge in [0.05, 0.1) is 0 Å². The summed E-state index contributed by atoms with van der Waals surface area (Å²) in [7, 11) is 0. The second-order valence-corrected chi connectivity index (χ2v) is 0.754. The van der Waals surface area contributed by atoms with E-state index in [9.17, 15) is 4.79 Å². The molecule has 0 spiro atoms. The number of Topliss-reactive ketones (excluding diaryl/α,β-unsaturated/α-hetero) is 1. The highest BCUT2D eigenvalue weighted by Gasteiger charge is 1.79. The number of hydrogen-bond donors (Lipinski definition) is 1. The van der Waals surface area contributed by atoms with Crippen LogP contribution in [0.4, 0.5) is 0 Å². The fourth-order valence-electron chi connectivity index (χ4n) is 0.0408. The SMILES string of the molecule is [N-]=CC(=O)CO. The van der Waals surface area contributed by atoms with E-state index in [0.29, 0.717) is 6.21 Å². The summed E-state index contributed by atoms with van der Waals surface area (Å²) in [5.74, 6) is -0.671. The molecule has 0 aliphatic heterocycles. The molecular weight excluding hydrogens is 82.0 g/mol. The minimum Gasteiger partial charge on any atom is -0.808 e. The first-order valence-corrected chi connectivity index (χ1v) is 1.42. The van der Waals surface area contributed by atoms with Gasteiger partial charge < -0.3 is 10.5 Å². The summed E-state index contributed by atoms with van der Waals surface area (Å²) in [5.41, 5.74) is 0. The van der Waals surface area contributed by atoms with Crippen molar-refractivity contribution in [3.63, 3.8) is 0 Å². The summed E-state index contributed by atoms with van der Waals surface area (Å²) < 4.78 is 0. The molecule has 0 radical (unpaired) electrons. The van der Waals surface area contributed by atoms with Gasteiger partial charge in [-0.25, -0.2) is 0 Å². The maximum Gasteiger partial charge on any atom is 0.157 e. The van der Waals surface area contributed by atoms with Crippen LogP contribution in [0.2, 0.25) is 0 Å². The van der Waals surface area contributed by atoms with Gasteiger partial charge >= 0.3 is 0 Å². The number of aliphatic hydroxyl groups is 1. The van der Waals surface area contributed by atoms with E-state index in [0.717, 1.165) is 0 Å². The van der Waals surface area contributed by atoms with Gasteiger partial charge in [0.2, 0.25) is 0 Å². The lowest BCUT2D eigenvalue weighted by Crippen LogP contribution is -2.01. The Morgan fingerprint density at radius 3 is 2.50 bits per heavy atom. The highest BCUT2D eigenvalue weighted by atomic mass is 16.3. The first-order chi connectivity index (χ1) is 2.81. The van der Waals surface area contributed by atoms with E-state index >= 15 is 0 Å². The first-order valence-electron chi connectivity index (χ1n) is 1.42. The summed E-state index contributed by atoms with van der Waals surface area (Å²) in [6.07, 6.45) is 0.333. The third kappa shape index (κ3) is 1.60. The van der Waals surface area contributed by atoms with E-state index in [2.05, 4.69) is 0 Å².